The predicted octanol–water partition coefficient (Wildman–Crippen LogP) is 3.96. The second-order valence-corrected chi connectivity index (χ2v) is 5.01. The number of benzene rings is 1. The van der Waals surface area contributed by atoms with Crippen LogP contribution in [0.2, 0.25) is 0 Å². The number of hydrogen-bond acceptors (Lipinski definition) is 1. The summed E-state index contributed by atoms with van der Waals surface area (Å²) in [6.45, 7) is 2.14. The Kier molecular flexibility index (Phi) is 3.38. The molecule has 1 fully saturated rings. The molecule has 0 radical (unpaired) electrons. The summed E-state index contributed by atoms with van der Waals surface area (Å²) >= 11 is 6.19. The molecule has 0 N–H and O–H groups in total. The molecule has 3 unspecified atom stereocenters. The summed E-state index contributed by atoms with van der Waals surface area (Å²) in [7, 11) is 1.48. The summed E-state index contributed by atoms with van der Waals surface area (Å²) in [5.74, 6) is 0.805. The Morgan fingerprint density at radius 1 is 1.38 bits per heavy atom. The van der Waals surface area contributed by atoms with Crippen LogP contribution in [0.3, 0.4) is 0 Å². The van der Waals surface area contributed by atoms with E-state index in [-0.39, 0.29) is 11.2 Å². The average molecular weight is 243 g/mol. The van der Waals surface area contributed by atoms with Crippen LogP contribution in [-0.4, -0.2) is 12.5 Å². The van der Waals surface area contributed by atoms with Crippen molar-refractivity contribution >= 4 is 11.6 Å². The molecule has 88 valence electrons. The Morgan fingerprint density at radius 3 is 2.62 bits per heavy atom. The first-order valence-electron chi connectivity index (χ1n) is 5.61. The molecule has 3 heteroatoms. The maximum atomic E-state index is 13.6. The normalized spacial score (nSPS) is 29.4. The number of methoxy groups -OCH3 is 1. The zero-order chi connectivity index (χ0) is 11.7. The van der Waals surface area contributed by atoms with Crippen molar-refractivity contribution in [2.24, 2.45) is 5.92 Å². The van der Waals surface area contributed by atoms with Crippen molar-refractivity contribution in [3.05, 3.63) is 29.6 Å². The summed E-state index contributed by atoms with van der Waals surface area (Å²) < 4.78 is 18.5. The monoisotopic (exact) mass is 242 g/mol. The third-order valence-electron chi connectivity index (χ3n) is 3.56. The molecule has 0 spiro atoms. The van der Waals surface area contributed by atoms with Crippen LogP contribution in [-0.2, 0) is 0 Å². The van der Waals surface area contributed by atoms with Gasteiger partial charge >= 0.3 is 0 Å². The quantitative estimate of drug-likeness (QED) is 0.714. The highest BCUT2D eigenvalue weighted by atomic mass is 35.5. The topological polar surface area (TPSA) is 9.23 Å². The van der Waals surface area contributed by atoms with Gasteiger partial charge in [0.15, 0.2) is 11.6 Å². The number of alkyl halides is 1. The van der Waals surface area contributed by atoms with Crippen molar-refractivity contribution in [3.63, 3.8) is 0 Å². The maximum absolute atomic E-state index is 13.6. The van der Waals surface area contributed by atoms with Crippen LogP contribution >= 0.6 is 11.6 Å². The Balaban J connectivity index is 2.25. The van der Waals surface area contributed by atoms with E-state index in [9.17, 15) is 4.39 Å². The third kappa shape index (κ3) is 2.03. The molecule has 1 aromatic rings. The highest BCUT2D eigenvalue weighted by Gasteiger charge is 2.32. The standard InChI is InChI=1S/C13H16ClFO/c1-8-10(4-5-11(8)14)9-3-6-13(16-2)12(15)7-9/h3,6-8,10-11H,4-5H2,1-2H3. The summed E-state index contributed by atoms with van der Waals surface area (Å²) in [6, 6.07) is 5.21. The van der Waals surface area contributed by atoms with Gasteiger partial charge in [-0.25, -0.2) is 4.39 Å². The van der Waals surface area contributed by atoms with Gasteiger partial charge in [-0.05, 0) is 42.4 Å². The van der Waals surface area contributed by atoms with E-state index >= 15 is 0 Å². The molecule has 1 aliphatic rings. The van der Waals surface area contributed by atoms with Crippen LogP contribution in [0.5, 0.6) is 5.75 Å². The van der Waals surface area contributed by atoms with Gasteiger partial charge in [0.1, 0.15) is 0 Å². The second-order valence-electron chi connectivity index (χ2n) is 4.45. The molecule has 0 heterocycles. The van der Waals surface area contributed by atoms with Gasteiger partial charge in [0, 0.05) is 5.38 Å². The molecule has 0 aliphatic heterocycles. The molecule has 2 rings (SSSR count). The lowest BCUT2D eigenvalue weighted by Crippen LogP contribution is -2.09. The minimum absolute atomic E-state index is 0.218. The summed E-state index contributed by atoms with van der Waals surface area (Å²) in [4.78, 5) is 0. The average Bonchev–Trinajstić information content (AvgIpc) is 2.60. The molecule has 1 nitrogen and oxygen atoms in total. The number of hydrogen-bond donors (Lipinski definition) is 0. The largest absolute Gasteiger partial charge is 0.494 e. The van der Waals surface area contributed by atoms with Crippen molar-refractivity contribution in [2.75, 3.05) is 7.11 Å². The molecule has 0 saturated heterocycles. The van der Waals surface area contributed by atoms with Crippen molar-refractivity contribution in [2.45, 2.75) is 31.1 Å². The Bertz CT molecular complexity index is 380. The molecule has 0 amide bonds. The van der Waals surface area contributed by atoms with E-state index in [0.29, 0.717) is 17.6 Å². The van der Waals surface area contributed by atoms with Crippen molar-refractivity contribution < 1.29 is 9.13 Å². The smallest absolute Gasteiger partial charge is 0.165 e. The van der Waals surface area contributed by atoms with Crippen LogP contribution in [0.15, 0.2) is 18.2 Å². The lowest BCUT2D eigenvalue weighted by Gasteiger charge is -2.18. The fraction of sp³-hybridized carbons (Fsp3) is 0.538. The van der Waals surface area contributed by atoms with Crippen molar-refractivity contribution in [1.29, 1.82) is 0 Å². The molecule has 0 aromatic heterocycles. The van der Waals surface area contributed by atoms with E-state index in [4.69, 9.17) is 16.3 Å². The summed E-state index contributed by atoms with van der Waals surface area (Å²) in [5.41, 5.74) is 1.04. The number of ether oxygens (including phenoxy) is 1. The van der Waals surface area contributed by atoms with Gasteiger partial charge in [-0.1, -0.05) is 13.0 Å². The first kappa shape index (κ1) is 11.7. The van der Waals surface area contributed by atoms with Crippen LogP contribution in [0.1, 0.15) is 31.2 Å². The fourth-order valence-electron chi connectivity index (χ4n) is 2.50. The SMILES string of the molecule is COc1ccc(C2CCC(Cl)C2C)cc1F. The van der Waals surface area contributed by atoms with E-state index in [1.165, 1.54) is 7.11 Å². The lowest BCUT2D eigenvalue weighted by molar-refractivity contribution is 0.385. The molecule has 0 bridgehead atoms. The van der Waals surface area contributed by atoms with Crippen LogP contribution in [0, 0.1) is 11.7 Å². The summed E-state index contributed by atoms with van der Waals surface area (Å²) in [5, 5.41) is 0.218. The van der Waals surface area contributed by atoms with Gasteiger partial charge in [-0.15, -0.1) is 11.6 Å². The van der Waals surface area contributed by atoms with Gasteiger partial charge in [-0.3, -0.25) is 0 Å². The molecule has 1 aromatic carbocycles. The predicted molar refractivity (Wildman–Crippen MR) is 63.7 cm³/mol. The van der Waals surface area contributed by atoms with Gasteiger partial charge < -0.3 is 4.74 Å². The molecule has 16 heavy (non-hydrogen) atoms. The molecular weight excluding hydrogens is 227 g/mol. The zero-order valence-electron chi connectivity index (χ0n) is 9.54. The Morgan fingerprint density at radius 2 is 2.12 bits per heavy atom. The highest BCUT2D eigenvalue weighted by Crippen LogP contribution is 2.42. The molecular formula is C13H16ClFO. The van der Waals surface area contributed by atoms with E-state index in [1.54, 1.807) is 12.1 Å². The number of halogens is 2. The highest BCUT2D eigenvalue weighted by molar-refractivity contribution is 6.21. The number of rotatable bonds is 2. The third-order valence-corrected chi connectivity index (χ3v) is 4.18. The molecule has 3 atom stereocenters. The van der Waals surface area contributed by atoms with E-state index in [1.807, 2.05) is 6.07 Å². The van der Waals surface area contributed by atoms with Crippen molar-refractivity contribution in [1.82, 2.24) is 0 Å². The van der Waals surface area contributed by atoms with E-state index in [2.05, 4.69) is 6.92 Å². The van der Waals surface area contributed by atoms with Crippen LogP contribution in [0.25, 0.3) is 0 Å². The second kappa shape index (κ2) is 4.62. The summed E-state index contributed by atoms with van der Waals surface area (Å²) in [6.07, 6.45) is 2.06. The Hall–Kier alpha value is -0.760. The molecule has 1 aliphatic carbocycles. The zero-order valence-corrected chi connectivity index (χ0v) is 10.3. The van der Waals surface area contributed by atoms with Crippen LogP contribution < -0.4 is 4.74 Å². The first-order valence-corrected chi connectivity index (χ1v) is 6.04. The first-order chi connectivity index (χ1) is 7.63. The molecule has 1 saturated carbocycles. The van der Waals surface area contributed by atoms with Gasteiger partial charge in [0.25, 0.3) is 0 Å². The van der Waals surface area contributed by atoms with Gasteiger partial charge in [0.05, 0.1) is 7.11 Å². The van der Waals surface area contributed by atoms with E-state index < -0.39 is 0 Å². The van der Waals surface area contributed by atoms with Gasteiger partial charge in [0.2, 0.25) is 0 Å². The Labute approximate surface area is 101 Å². The van der Waals surface area contributed by atoms with Gasteiger partial charge in [-0.2, -0.15) is 0 Å². The van der Waals surface area contributed by atoms with Crippen LogP contribution in [0.4, 0.5) is 4.39 Å². The lowest BCUT2D eigenvalue weighted by atomic mass is 9.90. The van der Waals surface area contributed by atoms with Crippen molar-refractivity contribution in [3.8, 4) is 5.75 Å². The minimum atomic E-state index is -0.287. The minimum Gasteiger partial charge on any atom is -0.494 e. The van der Waals surface area contributed by atoms with E-state index in [0.717, 1.165) is 18.4 Å². The fourth-order valence-corrected chi connectivity index (χ4v) is 2.80. The maximum Gasteiger partial charge on any atom is 0.165 e.